The van der Waals surface area contributed by atoms with Crippen LogP contribution in [0.1, 0.15) is 47.7 Å². The maximum atomic E-state index is 4.50. The average molecular weight is 477 g/mol. The van der Waals surface area contributed by atoms with E-state index < -0.39 is 0 Å². The molecule has 0 aromatic carbocycles. The fourth-order valence-electron chi connectivity index (χ4n) is 3.99. The summed E-state index contributed by atoms with van der Waals surface area (Å²) in [6, 6.07) is 1.37. The fraction of sp³-hybridized carbons (Fsp3) is 0.778. The number of hydrogen-bond acceptors (Lipinski definition) is 4. The SMILES string of the molecule is CN=C(NCCc1sc(C)nc1C)NC1CCN(C2CCCC2)C1.I. The number of halogens is 1. The van der Waals surface area contributed by atoms with Crippen LogP contribution in [0.2, 0.25) is 0 Å². The second-order valence-corrected chi connectivity index (χ2v) is 8.34. The van der Waals surface area contributed by atoms with Gasteiger partial charge in [0.2, 0.25) is 0 Å². The molecule has 1 saturated heterocycles. The number of aliphatic imine (C=N–C) groups is 1. The number of rotatable bonds is 5. The van der Waals surface area contributed by atoms with Crippen molar-refractivity contribution in [2.75, 3.05) is 26.7 Å². The molecular weight excluding hydrogens is 445 g/mol. The lowest BCUT2D eigenvalue weighted by molar-refractivity contribution is 0.242. The lowest BCUT2D eigenvalue weighted by Crippen LogP contribution is -2.45. The molecule has 0 amide bonds. The topological polar surface area (TPSA) is 52.6 Å². The zero-order valence-electron chi connectivity index (χ0n) is 15.7. The highest BCUT2D eigenvalue weighted by atomic mass is 127. The minimum Gasteiger partial charge on any atom is -0.356 e. The van der Waals surface area contributed by atoms with Crippen molar-refractivity contribution >= 4 is 41.3 Å². The van der Waals surface area contributed by atoms with Crippen LogP contribution in [0, 0.1) is 13.8 Å². The molecule has 3 rings (SSSR count). The second-order valence-electron chi connectivity index (χ2n) is 7.05. The van der Waals surface area contributed by atoms with E-state index in [1.54, 1.807) is 11.3 Å². The van der Waals surface area contributed by atoms with Gasteiger partial charge in [-0.15, -0.1) is 35.3 Å². The summed E-state index contributed by atoms with van der Waals surface area (Å²) in [4.78, 5) is 13.0. The summed E-state index contributed by atoms with van der Waals surface area (Å²) in [6.07, 6.45) is 7.86. The predicted molar refractivity (Wildman–Crippen MR) is 117 cm³/mol. The maximum absolute atomic E-state index is 4.50. The van der Waals surface area contributed by atoms with Gasteiger partial charge in [0.15, 0.2) is 5.96 Å². The molecule has 0 radical (unpaired) electrons. The van der Waals surface area contributed by atoms with Gasteiger partial charge in [0, 0.05) is 50.1 Å². The van der Waals surface area contributed by atoms with Crippen LogP contribution in [-0.4, -0.2) is 54.6 Å². The summed E-state index contributed by atoms with van der Waals surface area (Å²) in [5.41, 5.74) is 1.17. The molecule has 1 saturated carbocycles. The Morgan fingerprint density at radius 1 is 1.28 bits per heavy atom. The zero-order valence-corrected chi connectivity index (χ0v) is 18.8. The molecule has 2 N–H and O–H groups in total. The maximum Gasteiger partial charge on any atom is 0.191 e. The Morgan fingerprint density at radius 2 is 2.04 bits per heavy atom. The quantitative estimate of drug-likeness (QED) is 0.389. The van der Waals surface area contributed by atoms with E-state index in [2.05, 4.69) is 39.4 Å². The molecule has 2 aliphatic rings. The Morgan fingerprint density at radius 3 is 2.68 bits per heavy atom. The molecular formula is C18H32IN5S. The van der Waals surface area contributed by atoms with Crippen molar-refractivity contribution < 1.29 is 0 Å². The van der Waals surface area contributed by atoms with Gasteiger partial charge < -0.3 is 10.6 Å². The molecule has 5 nitrogen and oxygen atoms in total. The van der Waals surface area contributed by atoms with E-state index in [1.807, 2.05) is 7.05 Å². The molecule has 142 valence electrons. The number of nitrogens with zero attached hydrogens (tertiary/aromatic N) is 3. The fourth-order valence-corrected chi connectivity index (χ4v) is 4.93. The van der Waals surface area contributed by atoms with Crippen molar-refractivity contribution in [3.05, 3.63) is 15.6 Å². The van der Waals surface area contributed by atoms with Gasteiger partial charge in [-0.05, 0) is 33.1 Å². The van der Waals surface area contributed by atoms with Crippen LogP contribution in [0.15, 0.2) is 4.99 Å². The van der Waals surface area contributed by atoms with E-state index >= 15 is 0 Å². The molecule has 1 aromatic heterocycles. The van der Waals surface area contributed by atoms with Crippen LogP contribution < -0.4 is 10.6 Å². The molecule has 1 aliphatic carbocycles. The number of likely N-dealkylation sites (tertiary alicyclic amines) is 1. The summed E-state index contributed by atoms with van der Waals surface area (Å²) >= 11 is 1.80. The molecule has 0 spiro atoms. The Labute approximate surface area is 173 Å². The summed E-state index contributed by atoms with van der Waals surface area (Å²) < 4.78 is 0. The van der Waals surface area contributed by atoms with E-state index in [0.717, 1.165) is 30.0 Å². The second kappa shape index (κ2) is 10.1. The monoisotopic (exact) mass is 477 g/mol. The number of hydrogen-bond donors (Lipinski definition) is 2. The zero-order chi connectivity index (χ0) is 16.9. The first-order chi connectivity index (χ1) is 11.7. The van der Waals surface area contributed by atoms with Crippen LogP contribution in [0.5, 0.6) is 0 Å². The highest BCUT2D eigenvalue weighted by Crippen LogP contribution is 2.26. The average Bonchev–Trinajstić information content (AvgIpc) is 3.28. The number of nitrogens with one attached hydrogen (secondary N) is 2. The van der Waals surface area contributed by atoms with Crippen LogP contribution in [0.4, 0.5) is 0 Å². The molecule has 2 heterocycles. The third-order valence-corrected chi connectivity index (χ3v) is 6.40. The highest BCUT2D eigenvalue weighted by Gasteiger charge is 2.30. The van der Waals surface area contributed by atoms with Gasteiger partial charge in [0.05, 0.1) is 10.7 Å². The minimum atomic E-state index is 0. The van der Waals surface area contributed by atoms with Crippen LogP contribution >= 0.6 is 35.3 Å². The number of aryl methyl sites for hydroxylation is 2. The van der Waals surface area contributed by atoms with Gasteiger partial charge in [-0.3, -0.25) is 9.89 Å². The lowest BCUT2D eigenvalue weighted by atomic mass is 10.2. The molecule has 7 heteroatoms. The smallest absolute Gasteiger partial charge is 0.191 e. The Kier molecular flexibility index (Phi) is 8.41. The van der Waals surface area contributed by atoms with Gasteiger partial charge in [-0.25, -0.2) is 4.98 Å². The molecule has 1 aliphatic heterocycles. The van der Waals surface area contributed by atoms with Crippen LogP contribution in [0.25, 0.3) is 0 Å². The van der Waals surface area contributed by atoms with Crippen molar-refractivity contribution in [2.45, 2.75) is 64.5 Å². The largest absolute Gasteiger partial charge is 0.356 e. The predicted octanol–water partition coefficient (Wildman–Crippen LogP) is 3.10. The van der Waals surface area contributed by atoms with Crippen LogP contribution in [-0.2, 0) is 6.42 Å². The molecule has 1 unspecified atom stereocenters. The van der Waals surface area contributed by atoms with E-state index in [4.69, 9.17) is 0 Å². The number of guanidine groups is 1. The van der Waals surface area contributed by atoms with Crippen molar-refractivity contribution in [3.8, 4) is 0 Å². The van der Waals surface area contributed by atoms with Gasteiger partial charge >= 0.3 is 0 Å². The van der Waals surface area contributed by atoms with E-state index in [-0.39, 0.29) is 24.0 Å². The van der Waals surface area contributed by atoms with E-state index in [9.17, 15) is 0 Å². The van der Waals surface area contributed by atoms with Gasteiger partial charge in [-0.1, -0.05) is 12.8 Å². The third-order valence-electron chi connectivity index (χ3n) is 5.27. The van der Waals surface area contributed by atoms with Gasteiger partial charge in [-0.2, -0.15) is 0 Å². The van der Waals surface area contributed by atoms with E-state index in [1.165, 1.54) is 55.8 Å². The first-order valence-corrected chi connectivity index (χ1v) is 10.1. The Balaban J connectivity index is 0.00000225. The summed E-state index contributed by atoms with van der Waals surface area (Å²) in [5.74, 6) is 0.937. The van der Waals surface area contributed by atoms with Crippen molar-refractivity contribution in [3.63, 3.8) is 0 Å². The van der Waals surface area contributed by atoms with E-state index in [0.29, 0.717) is 6.04 Å². The van der Waals surface area contributed by atoms with Crippen molar-refractivity contribution in [1.29, 1.82) is 0 Å². The van der Waals surface area contributed by atoms with Gasteiger partial charge in [0.1, 0.15) is 0 Å². The number of aromatic nitrogens is 1. The number of thiazole rings is 1. The summed E-state index contributed by atoms with van der Waals surface area (Å²) in [7, 11) is 1.86. The minimum absolute atomic E-state index is 0. The summed E-state index contributed by atoms with van der Waals surface area (Å²) in [5, 5.41) is 8.23. The Hall–Kier alpha value is -0.410. The van der Waals surface area contributed by atoms with Crippen LogP contribution in [0.3, 0.4) is 0 Å². The van der Waals surface area contributed by atoms with Gasteiger partial charge in [0.25, 0.3) is 0 Å². The normalized spacial score (nSPS) is 22.2. The molecule has 2 fully saturated rings. The van der Waals surface area contributed by atoms with Crippen molar-refractivity contribution in [1.82, 2.24) is 20.5 Å². The third kappa shape index (κ3) is 5.79. The molecule has 0 bridgehead atoms. The highest BCUT2D eigenvalue weighted by molar-refractivity contribution is 14.0. The first kappa shape index (κ1) is 20.9. The molecule has 1 aromatic rings. The standard InChI is InChI=1S/C18H31N5S.HI/c1-13-17(24-14(2)21-13)8-10-20-18(19-3)22-15-9-11-23(12-15)16-6-4-5-7-16;/h15-16H,4-12H2,1-3H3,(H2,19,20,22);1H. The van der Waals surface area contributed by atoms with Crippen molar-refractivity contribution in [2.24, 2.45) is 4.99 Å². The summed E-state index contributed by atoms with van der Waals surface area (Å²) in [6.45, 7) is 7.48. The molecule has 25 heavy (non-hydrogen) atoms. The Bertz CT molecular complexity index is 568. The molecule has 1 atom stereocenters. The lowest BCUT2D eigenvalue weighted by Gasteiger charge is -2.24. The first-order valence-electron chi connectivity index (χ1n) is 9.30.